The summed E-state index contributed by atoms with van der Waals surface area (Å²) >= 11 is 0. The minimum absolute atomic E-state index is 0.0252. The van der Waals surface area contributed by atoms with Gasteiger partial charge < -0.3 is 14.2 Å². The second-order valence-corrected chi connectivity index (χ2v) is 6.88. The van der Waals surface area contributed by atoms with E-state index in [1.807, 2.05) is 20.8 Å². The molecule has 152 valence electrons. The van der Waals surface area contributed by atoms with Crippen LogP contribution in [-0.2, 0) is 4.79 Å². The van der Waals surface area contributed by atoms with E-state index >= 15 is 0 Å². The molecule has 0 spiro atoms. The second-order valence-electron chi connectivity index (χ2n) is 6.88. The summed E-state index contributed by atoms with van der Waals surface area (Å²) in [5, 5.41) is 10.7. The Bertz CT molecular complexity index is 974. The predicted molar refractivity (Wildman–Crippen MR) is 108 cm³/mol. The molecule has 0 aliphatic heterocycles. The number of non-ortho nitro benzene ring substituents is 1. The maximum absolute atomic E-state index is 11.3. The topological polar surface area (TPSA) is 87.9 Å². The van der Waals surface area contributed by atoms with Crippen molar-refractivity contribution in [1.82, 2.24) is 0 Å². The predicted octanol–water partition coefficient (Wildman–Crippen LogP) is 4.30. The molecule has 0 amide bonds. The normalized spacial score (nSPS) is 12.4. The molecule has 0 aliphatic carbocycles. The minimum Gasteiger partial charge on any atom is -0.488 e. The van der Waals surface area contributed by atoms with Gasteiger partial charge in [0.05, 0.1) is 4.92 Å². The molecule has 0 radical (unpaired) electrons. The Kier molecular flexibility index (Phi) is 6.49. The molecule has 1 unspecified atom stereocenters. The summed E-state index contributed by atoms with van der Waals surface area (Å²) in [6, 6.07) is 7.48. The first kappa shape index (κ1) is 21.8. The molecule has 0 N–H and O–H groups in total. The lowest BCUT2D eigenvalue weighted by atomic mass is 10.0. The quantitative estimate of drug-likeness (QED) is 0.228. The lowest BCUT2D eigenvalue weighted by molar-refractivity contribution is -0.384. The number of carbonyl (C=O) groups is 1. The van der Waals surface area contributed by atoms with E-state index < -0.39 is 16.5 Å². The second kappa shape index (κ2) is 8.65. The van der Waals surface area contributed by atoms with E-state index in [2.05, 4.69) is 5.92 Å². The molecule has 29 heavy (non-hydrogen) atoms. The Balaban J connectivity index is 2.20. The van der Waals surface area contributed by atoms with Gasteiger partial charge in [-0.2, -0.15) is 0 Å². The molecule has 2 rings (SSSR count). The summed E-state index contributed by atoms with van der Waals surface area (Å²) in [4.78, 5) is 21.6. The maximum Gasteiger partial charge on any atom is 0.308 e. The van der Waals surface area contributed by atoms with Gasteiger partial charge in [0.25, 0.3) is 5.69 Å². The summed E-state index contributed by atoms with van der Waals surface area (Å²) in [6.45, 7) is 8.61. The van der Waals surface area contributed by atoms with Crippen molar-refractivity contribution >= 4 is 11.7 Å². The summed E-state index contributed by atoms with van der Waals surface area (Å²) in [5.74, 6) is 3.71. The van der Waals surface area contributed by atoms with Gasteiger partial charge >= 0.3 is 5.97 Å². The summed E-state index contributed by atoms with van der Waals surface area (Å²) in [5.41, 5.74) is 1.21. The van der Waals surface area contributed by atoms with Crippen LogP contribution in [0.15, 0.2) is 30.3 Å². The van der Waals surface area contributed by atoms with Crippen molar-refractivity contribution in [3.05, 3.63) is 57.1 Å². The van der Waals surface area contributed by atoms with Gasteiger partial charge in [0.1, 0.15) is 23.9 Å². The van der Waals surface area contributed by atoms with Crippen LogP contribution in [0.4, 0.5) is 5.69 Å². The number of ether oxygens (including phenoxy) is 3. The number of nitro benzene ring substituents is 1. The third-order valence-corrected chi connectivity index (χ3v) is 4.43. The molecule has 0 fully saturated rings. The van der Waals surface area contributed by atoms with Gasteiger partial charge in [-0.05, 0) is 62.6 Å². The highest BCUT2D eigenvalue weighted by molar-refractivity contribution is 5.71. The van der Waals surface area contributed by atoms with Gasteiger partial charge in [-0.3, -0.25) is 14.9 Å². The Hall–Kier alpha value is -3.53. The smallest absolute Gasteiger partial charge is 0.308 e. The highest BCUT2D eigenvalue weighted by Gasteiger charge is 2.27. The van der Waals surface area contributed by atoms with Gasteiger partial charge in [-0.15, -0.1) is 6.42 Å². The van der Waals surface area contributed by atoms with E-state index in [1.54, 1.807) is 13.0 Å². The molecule has 2 aromatic rings. The van der Waals surface area contributed by atoms with Crippen LogP contribution in [0.3, 0.4) is 0 Å². The number of rotatable bonds is 7. The highest BCUT2D eigenvalue weighted by atomic mass is 16.6. The summed E-state index contributed by atoms with van der Waals surface area (Å²) in [7, 11) is 0. The number of nitrogens with zero attached hydrogens (tertiary/aromatic N) is 1. The van der Waals surface area contributed by atoms with Crippen molar-refractivity contribution in [2.75, 3.05) is 6.61 Å². The van der Waals surface area contributed by atoms with Crippen LogP contribution < -0.4 is 14.2 Å². The number of benzene rings is 2. The van der Waals surface area contributed by atoms with Crippen LogP contribution in [0.25, 0.3) is 0 Å². The van der Waals surface area contributed by atoms with E-state index in [0.29, 0.717) is 17.2 Å². The van der Waals surface area contributed by atoms with E-state index in [0.717, 1.165) is 16.7 Å². The van der Waals surface area contributed by atoms with Gasteiger partial charge in [-0.1, -0.05) is 5.92 Å². The van der Waals surface area contributed by atoms with Crippen molar-refractivity contribution in [3.63, 3.8) is 0 Å². The van der Waals surface area contributed by atoms with Crippen molar-refractivity contribution in [2.24, 2.45) is 0 Å². The number of terminal acetylenes is 1. The molecular weight excluding hydrogens is 374 g/mol. The molecule has 1 atom stereocenters. The first-order chi connectivity index (χ1) is 13.6. The average molecular weight is 397 g/mol. The van der Waals surface area contributed by atoms with Gasteiger partial charge in [-0.25, -0.2) is 0 Å². The molecule has 0 aromatic heterocycles. The zero-order chi connectivity index (χ0) is 21.8. The van der Waals surface area contributed by atoms with Crippen LogP contribution in [0.5, 0.6) is 17.2 Å². The number of carbonyl (C=O) groups excluding carboxylic acids is 1. The van der Waals surface area contributed by atoms with Crippen molar-refractivity contribution < 1.29 is 23.9 Å². The Morgan fingerprint density at radius 1 is 1.21 bits per heavy atom. The Morgan fingerprint density at radius 3 is 2.34 bits per heavy atom. The van der Waals surface area contributed by atoms with Crippen LogP contribution in [0.1, 0.15) is 30.5 Å². The van der Waals surface area contributed by atoms with Gasteiger partial charge in [0.2, 0.25) is 0 Å². The lowest BCUT2D eigenvalue weighted by Crippen LogP contribution is -2.37. The lowest BCUT2D eigenvalue weighted by Gasteiger charge is -2.27. The first-order valence-corrected chi connectivity index (χ1v) is 8.89. The fraction of sp³-hybridized carbons (Fsp3) is 0.318. The molecule has 2 aromatic carbocycles. The fourth-order valence-corrected chi connectivity index (χ4v) is 2.66. The third-order valence-electron chi connectivity index (χ3n) is 4.43. The minimum atomic E-state index is -1.09. The van der Waals surface area contributed by atoms with Crippen LogP contribution in [-0.4, -0.2) is 23.1 Å². The molecule has 0 saturated heterocycles. The van der Waals surface area contributed by atoms with Crippen molar-refractivity contribution in [3.8, 4) is 29.6 Å². The van der Waals surface area contributed by atoms with Gasteiger partial charge in [0, 0.05) is 19.1 Å². The zero-order valence-corrected chi connectivity index (χ0v) is 17.1. The van der Waals surface area contributed by atoms with E-state index in [1.165, 1.54) is 31.2 Å². The van der Waals surface area contributed by atoms with Gasteiger partial charge in [0.15, 0.2) is 5.60 Å². The van der Waals surface area contributed by atoms with E-state index in [4.69, 9.17) is 20.6 Å². The number of esters is 1. The standard InChI is InChI=1S/C22H23NO6/c1-7-22(6,13-27-19-10-8-18(9-11-19)23(25)26)29-20-12-14(2)21(28-17(5)24)16(4)15(20)3/h1,8-12H,13H2,2-6H3. The average Bonchev–Trinajstić information content (AvgIpc) is 2.68. The van der Waals surface area contributed by atoms with E-state index in [-0.39, 0.29) is 12.3 Å². The maximum atomic E-state index is 11.3. The number of aryl methyl sites for hydroxylation is 1. The highest BCUT2D eigenvalue weighted by Crippen LogP contribution is 2.35. The van der Waals surface area contributed by atoms with Crippen LogP contribution in [0.2, 0.25) is 0 Å². The number of nitro groups is 1. The largest absolute Gasteiger partial charge is 0.488 e. The van der Waals surface area contributed by atoms with E-state index in [9.17, 15) is 14.9 Å². The third kappa shape index (κ3) is 5.26. The summed E-state index contributed by atoms with van der Waals surface area (Å²) < 4.78 is 17.1. The van der Waals surface area contributed by atoms with Crippen LogP contribution >= 0.6 is 0 Å². The van der Waals surface area contributed by atoms with Crippen molar-refractivity contribution in [1.29, 1.82) is 0 Å². The number of hydrogen-bond acceptors (Lipinski definition) is 6. The molecule has 7 nitrogen and oxygen atoms in total. The fourth-order valence-electron chi connectivity index (χ4n) is 2.66. The molecule has 7 heteroatoms. The Morgan fingerprint density at radius 2 is 1.83 bits per heavy atom. The van der Waals surface area contributed by atoms with Crippen LogP contribution in [0, 0.1) is 43.2 Å². The first-order valence-electron chi connectivity index (χ1n) is 8.89. The SMILES string of the molecule is C#CC(C)(COc1ccc([N+](=O)[O-])cc1)Oc1cc(C)c(OC(C)=O)c(C)c1C. The molecule has 0 saturated carbocycles. The molecule has 0 heterocycles. The summed E-state index contributed by atoms with van der Waals surface area (Å²) in [6.07, 6.45) is 5.69. The number of hydrogen-bond donors (Lipinski definition) is 0. The zero-order valence-electron chi connectivity index (χ0n) is 17.1. The molecule has 0 aliphatic rings. The molecule has 0 bridgehead atoms. The monoisotopic (exact) mass is 397 g/mol. The van der Waals surface area contributed by atoms with Crippen molar-refractivity contribution in [2.45, 2.75) is 40.2 Å². The Labute approximate surface area is 169 Å². The molecular formula is C22H23NO6.